The van der Waals surface area contributed by atoms with Crippen LogP contribution in [-0.2, 0) is 9.53 Å². The molecule has 4 nitrogen and oxygen atoms in total. The van der Waals surface area contributed by atoms with Crippen molar-refractivity contribution in [3.05, 3.63) is 12.7 Å². The van der Waals surface area contributed by atoms with Crippen molar-refractivity contribution in [2.24, 2.45) is 0 Å². The Morgan fingerprint density at radius 1 is 1.54 bits per heavy atom. The summed E-state index contributed by atoms with van der Waals surface area (Å²) >= 11 is 0. The van der Waals surface area contributed by atoms with E-state index in [-0.39, 0.29) is 5.97 Å². The second-order valence-electron chi connectivity index (χ2n) is 2.23. The Balaban J connectivity index is 0. The van der Waals surface area contributed by atoms with Crippen LogP contribution >= 0.6 is 0 Å². The van der Waals surface area contributed by atoms with Gasteiger partial charge in [-0.3, -0.25) is 0 Å². The van der Waals surface area contributed by atoms with Crippen LogP contribution in [0.15, 0.2) is 12.7 Å². The maximum atomic E-state index is 10.1. The van der Waals surface area contributed by atoms with Crippen molar-refractivity contribution < 1.29 is 19.7 Å². The Hall–Kier alpha value is -0.870. The molecule has 13 heavy (non-hydrogen) atoms. The highest BCUT2D eigenvalue weighted by Gasteiger charge is 1.89. The van der Waals surface area contributed by atoms with Gasteiger partial charge in [0.05, 0.1) is 6.61 Å². The minimum Gasteiger partial charge on any atom is -0.463 e. The molecule has 0 aromatic heterocycles. The molecule has 0 aromatic rings. The van der Waals surface area contributed by atoms with E-state index >= 15 is 0 Å². The summed E-state index contributed by atoms with van der Waals surface area (Å²) in [6.07, 6.45) is 1.36. The first-order valence-electron chi connectivity index (χ1n) is 4.23. The summed E-state index contributed by atoms with van der Waals surface area (Å²) in [5.41, 5.74) is 0. The van der Waals surface area contributed by atoms with Crippen LogP contribution in [0.25, 0.3) is 0 Å². The highest BCUT2D eigenvalue weighted by atomic mass is 16.5. The lowest BCUT2D eigenvalue weighted by atomic mass is 10.3. The first kappa shape index (κ1) is 14.6. The first-order chi connectivity index (χ1) is 6.08. The molecule has 0 heterocycles. The molecular formula is C9H18O4. The van der Waals surface area contributed by atoms with E-state index in [1.165, 1.54) is 0 Å². The molecule has 0 atom stereocenters. The molecule has 0 saturated heterocycles. The number of aliphatic hydroxyl groups is 2. The second kappa shape index (κ2) is 11.1. The zero-order valence-corrected chi connectivity index (χ0v) is 8.19. The van der Waals surface area contributed by atoms with Gasteiger partial charge < -0.3 is 14.9 Å². The number of ether oxygens (including phenoxy) is 1. The van der Waals surface area contributed by atoms with Gasteiger partial charge in [0.15, 0.2) is 6.29 Å². The van der Waals surface area contributed by atoms with E-state index in [0.29, 0.717) is 13.0 Å². The monoisotopic (exact) mass is 190 g/mol. The number of carbonyl (C=O) groups excluding carboxylic acids is 1. The number of hydrogen-bond acceptors (Lipinski definition) is 4. The lowest BCUT2D eigenvalue weighted by Crippen LogP contribution is -2.01. The van der Waals surface area contributed by atoms with Crippen LogP contribution < -0.4 is 0 Å². The molecule has 0 amide bonds. The number of hydrogen-bond donors (Lipinski definition) is 2. The summed E-state index contributed by atoms with van der Waals surface area (Å²) in [7, 11) is 0. The highest BCUT2D eigenvalue weighted by molar-refractivity contribution is 5.81. The van der Waals surface area contributed by atoms with Crippen molar-refractivity contribution in [1.82, 2.24) is 0 Å². The van der Waals surface area contributed by atoms with Crippen LogP contribution in [0.2, 0.25) is 0 Å². The van der Waals surface area contributed by atoms with Gasteiger partial charge in [-0.15, -0.1) is 0 Å². The predicted molar refractivity (Wildman–Crippen MR) is 50.0 cm³/mol. The zero-order chi connectivity index (χ0) is 10.7. The molecule has 0 aliphatic rings. The maximum Gasteiger partial charge on any atom is 0.330 e. The predicted octanol–water partition coefficient (Wildman–Crippen LogP) is 0.833. The third-order valence-corrected chi connectivity index (χ3v) is 1.00. The van der Waals surface area contributed by atoms with Gasteiger partial charge >= 0.3 is 5.97 Å². The highest BCUT2D eigenvalue weighted by Crippen LogP contribution is 1.88. The first-order valence-corrected chi connectivity index (χ1v) is 4.23. The van der Waals surface area contributed by atoms with E-state index in [9.17, 15) is 4.79 Å². The third kappa shape index (κ3) is 18.2. The Bertz CT molecular complexity index is 132. The van der Waals surface area contributed by atoms with Gasteiger partial charge in [0, 0.05) is 6.08 Å². The molecule has 0 aliphatic heterocycles. The molecule has 0 radical (unpaired) electrons. The minimum atomic E-state index is -1.10. The summed E-state index contributed by atoms with van der Waals surface area (Å²) in [4.78, 5) is 10.1. The molecule has 0 aromatic carbocycles. The van der Waals surface area contributed by atoms with Gasteiger partial charge in [0.25, 0.3) is 0 Å². The van der Waals surface area contributed by atoms with Gasteiger partial charge in [-0.1, -0.05) is 19.9 Å². The lowest BCUT2D eigenvalue weighted by Gasteiger charge is -1.94. The Labute approximate surface area is 78.8 Å². The quantitative estimate of drug-likeness (QED) is 0.391. The van der Waals surface area contributed by atoms with E-state index in [1.54, 1.807) is 6.92 Å². The van der Waals surface area contributed by atoms with Gasteiger partial charge in [-0.2, -0.15) is 0 Å². The number of carbonyl (C=O) groups is 1. The van der Waals surface area contributed by atoms with Crippen LogP contribution in [-0.4, -0.2) is 29.1 Å². The van der Waals surface area contributed by atoms with Crippen LogP contribution in [0.1, 0.15) is 26.7 Å². The SMILES string of the molecule is C=CC(=O)OCC.CCCC(O)O. The largest absolute Gasteiger partial charge is 0.463 e. The van der Waals surface area contributed by atoms with Crippen molar-refractivity contribution in [3.8, 4) is 0 Å². The van der Waals surface area contributed by atoms with Crippen LogP contribution in [0.3, 0.4) is 0 Å². The summed E-state index contributed by atoms with van der Waals surface area (Å²) in [6.45, 7) is 7.28. The molecular weight excluding hydrogens is 172 g/mol. The van der Waals surface area contributed by atoms with E-state index < -0.39 is 6.29 Å². The molecule has 0 fully saturated rings. The minimum absolute atomic E-state index is 0.359. The molecule has 0 unspecified atom stereocenters. The average molecular weight is 190 g/mol. The van der Waals surface area contributed by atoms with E-state index in [4.69, 9.17) is 10.2 Å². The maximum absolute atomic E-state index is 10.1. The fraction of sp³-hybridized carbons (Fsp3) is 0.667. The molecule has 0 spiro atoms. The Morgan fingerprint density at radius 2 is 2.08 bits per heavy atom. The van der Waals surface area contributed by atoms with Gasteiger partial charge in [0.2, 0.25) is 0 Å². The average Bonchev–Trinajstić information content (AvgIpc) is 2.05. The smallest absolute Gasteiger partial charge is 0.330 e. The second-order valence-corrected chi connectivity index (χ2v) is 2.23. The van der Waals surface area contributed by atoms with Crippen molar-refractivity contribution in [2.75, 3.05) is 6.61 Å². The number of rotatable bonds is 4. The normalized spacial score (nSPS) is 8.69. The molecule has 4 heteroatoms. The van der Waals surface area contributed by atoms with Crippen molar-refractivity contribution in [1.29, 1.82) is 0 Å². The Kier molecular flexibility index (Phi) is 12.5. The van der Waals surface area contributed by atoms with E-state index in [0.717, 1.165) is 12.5 Å². The van der Waals surface area contributed by atoms with Crippen LogP contribution in [0, 0.1) is 0 Å². The van der Waals surface area contributed by atoms with Gasteiger partial charge in [0.1, 0.15) is 0 Å². The topological polar surface area (TPSA) is 66.8 Å². The van der Waals surface area contributed by atoms with Crippen molar-refractivity contribution in [2.45, 2.75) is 33.0 Å². The fourth-order valence-electron chi connectivity index (χ4n) is 0.459. The summed E-state index contributed by atoms with van der Waals surface area (Å²) in [5, 5.41) is 16.2. The van der Waals surface area contributed by atoms with Crippen molar-refractivity contribution >= 4 is 5.97 Å². The van der Waals surface area contributed by atoms with E-state index in [2.05, 4.69) is 11.3 Å². The third-order valence-electron chi connectivity index (χ3n) is 1.00. The zero-order valence-electron chi connectivity index (χ0n) is 8.19. The molecule has 78 valence electrons. The van der Waals surface area contributed by atoms with Crippen LogP contribution in [0.4, 0.5) is 0 Å². The summed E-state index contributed by atoms with van der Waals surface area (Å²) < 4.78 is 4.43. The van der Waals surface area contributed by atoms with Crippen molar-refractivity contribution in [3.63, 3.8) is 0 Å². The van der Waals surface area contributed by atoms with Gasteiger partial charge in [-0.25, -0.2) is 4.79 Å². The molecule has 0 rings (SSSR count). The summed E-state index contributed by atoms with van der Waals surface area (Å²) in [5.74, 6) is -0.359. The number of aliphatic hydroxyl groups excluding tert-OH is 1. The van der Waals surface area contributed by atoms with Gasteiger partial charge in [-0.05, 0) is 13.3 Å². The van der Waals surface area contributed by atoms with Crippen LogP contribution in [0.5, 0.6) is 0 Å². The standard InChI is InChI=1S/C5H8O2.C4H10O2/c1-3-5(6)7-4-2;1-2-3-4(5)6/h3H,1,4H2,2H3;4-6H,2-3H2,1H3. The number of esters is 1. The van der Waals surface area contributed by atoms with E-state index in [1.807, 2.05) is 6.92 Å². The summed E-state index contributed by atoms with van der Waals surface area (Å²) in [6, 6.07) is 0. The lowest BCUT2D eigenvalue weighted by molar-refractivity contribution is -0.137. The fourth-order valence-corrected chi connectivity index (χ4v) is 0.459. The molecule has 0 bridgehead atoms. The Morgan fingerprint density at radius 3 is 2.15 bits per heavy atom. The molecule has 2 N–H and O–H groups in total. The molecule has 0 aliphatic carbocycles. The molecule has 0 saturated carbocycles.